The maximum absolute atomic E-state index is 12.2. The molecule has 1 rings (SSSR count). The van der Waals surface area contributed by atoms with Gasteiger partial charge in [0.15, 0.2) is 0 Å². The second-order valence-electron chi connectivity index (χ2n) is 4.80. The lowest BCUT2D eigenvalue weighted by atomic mass is 10.1. The van der Waals surface area contributed by atoms with E-state index in [0.29, 0.717) is 19.6 Å². The van der Waals surface area contributed by atoms with Crippen molar-refractivity contribution >= 4 is 12.0 Å². The SMILES string of the molecule is CCN(C(=O)N1CCC(CO)C1)C(C)CC(=O)O. The summed E-state index contributed by atoms with van der Waals surface area (Å²) in [6.45, 7) is 5.38. The fourth-order valence-corrected chi connectivity index (χ4v) is 2.34. The highest BCUT2D eigenvalue weighted by Crippen LogP contribution is 2.18. The van der Waals surface area contributed by atoms with E-state index in [2.05, 4.69) is 0 Å². The molecule has 104 valence electrons. The predicted octanol–water partition coefficient (Wildman–Crippen LogP) is 0.606. The van der Waals surface area contributed by atoms with E-state index in [4.69, 9.17) is 10.2 Å². The first-order valence-corrected chi connectivity index (χ1v) is 6.37. The van der Waals surface area contributed by atoms with Gasteiger partial charge in [-0.25, -0.2) is 4.79 Å². The molecule has 0 aromatic rings. The Kier molecular flexibility index (Phi) is 5.40. The van der Waals surface area contributed by atoms with Crippen molar-refractivity contribution in [1.29, 1.82) is 0 Å². The monoisotopic (exact) mass is 258 g/mol. The van der Waals surface area contributed by atoms with Gasteiger partial charge in [0, 0.05) is 38.2 Å². The van der Waals surface area contributed by atoms with Crippen LogP contribution >= 0.6 is 0 Å². The molecule has 2 atom stereocenters. The topological polar surface area (TPSA) is 81.1 Å². The number of carbonyl (C=O) groups excluding carboxylic acids is 1. The molecule has 0 saturated carbocycles. The standard InChI is InChI=1S/C12H22N2O4/c1-3-14(9(2)6-11(16)17)12(18)13-5-4-10(7-13)8-15/h9-10,15H,3-8H2,1-2H3,(H,16,17). The normalized spacial score (nSPS) is 20.8. The quantitative estimate of drug-likeness (QED) is 0.757. The largest absolute Gasteiger partial charge is 0.481 e. The van der Waals surface area contributed by atoms with Crippen molar-refractivity contribution in [2.24, 2.45) is 5.92 Å². The third kappa shape index (κ3) is 3.60. The van der Waals surface area contributed by atoms with Crippen LogP contribution in [0.5, 0.6) is 0 Å². The van der Waals surface area contributed by atoms with Crippen LogP contribution in [-0.2, 0) is 4.79 Å². The van der Waals surface area contributed by atoms with Gasteiger partial charge in [-0.1, -0.05) is 0 Å². The van der Waals surface area contributed by atoms with E-state index in [1.54, 1.807) is 16.7 Å². The Morgan fingerprint density at radius 2 is 2.17 bits per heavy atom. The highest BCUT2D eigenvalue weighted by molar-refractivity contribution is 5.76. The van der Waals surface area contributed by atoms with E-state index in [1.165, 1.54) is 0 Å². The Labute approximate surface area is 107 Å². The molecule has 2 N–H and O–H groups in total. The highest BCUT2D eigenvalue weighted by atomic mass is 16.4. The van der Waals surface area contributed by atoms with Gasteiger partial charge < -0.3 is 20.0 Å². The minimum absolute atomic E-state index is 0.0448. The second-order valence-corrected chi connectivity index (χ2v) is 4.80. The summed E-state index contributed by atoms with van der Waals surface area (Å²) in [4.78, 5) is 26.2. The zero-order chi connectivity index (χ0) is 13.7. The van der Waals surface area contributed by atoms with Crippen LogP contribution in [0.4, 0.5) is 4.79 Å². The molecular weight excluding hydrogens is 236 g/mol. The lowest BCUT2D eigenvalue weighted by molar-refractivity contribution is -0.138. The Morgan fingerprint density at radius 1 is 1.50 bits per heavy atom. The zero-order valence-corrected chi connectivity index (χ0v) is 11.0. The Bertz CT molecular complexity index is 308. The number of carboxylic acid groups (broad SMARTS) is 1. The molecule has 6 nitrogen and oxygen atoms in total. The molecule has 2 unspecified atom stereocenters. The molecule has 0 radical (unpaired) electrons. The number of likely N-dealkylation sites (tertiary alicyclic amines) is 1. The molecular formula is C12H22N2O4. The van der Waals surface area contributed by atoms with Gasteiger partial charge in [-0.15, -0.1) is 0 Å². The summed E-state index contributed by atoms with van der Waals surface area (Å²) < 4.78 is 0. The molecule has 0 aromatic heterocycles. The molecule has 6 heteroatoms. The number of aliphatic hydroxyl groups is 1. The van der Waals surface area contributed by atoms with E-state index in [1.807, 2.05) is 6.92 Å². The third-order valence-electron chi connectivity index (χ3n) is 3.40. The molecule has 0 bridgehead atoms. The van der Waals surface area contributed by atoms with Gasteiger partial charge in [-0.05, 0) is 20.3 Å². The maximum atomic E-state index is 12.2. The first-order valence-electron chi connectivity index (χ1n) is 6.37. The molecule has 1 aliphatic heterocycles. The van der Waals surface area contributed by atoms with Crippen LogP contribution in [0.1, 0.15) is 26.7 Å². The molecule has 0 aromatic carbocycles. The molecule has 0 spiro atoms. The molecule has 1 saturated heterocycles. The molecule has 2 amide bonds. The summed E-state index contributed by atoms with van der Waals surface area (Å²) in [5.74, 6) is -0.745. The summed E-state index contributed by atoms with van der Waals surface area (Å²) in [5.41, 5.74) is 0. The van der Waals surface area contributed by atoms with Crippen molar-refractivity contribution in [3.8, 4) is 0 Å². The Hall–Kier alpha value is -1.30. The van der Waals surface area contributed by atoms with Crippen molar-refractivity contribution in [1.82, 2.24) is 9.80 Å². The van der Waals surface area contributed by atoms with Crippen molar-refractivity contribution in [3.05, 3.63) is 0 Å². The number of carboxylic acids is 1. The fourth-order valence-electron chi connectivity index (χ4n) is 2.34. The summed E-state index contributed by atoms with van der Waals surface area (Å²) in [6.07, 6.45) is 0.768. The minimum Gasteiger partial charge on any atom is -0.481 e. The Morgan fingerprint density at radius 3 is 2.61 bits per heavy atom. The van der Waals surface area contributed by atoms with Crippen LogP contribution in [0.25, 0.3) is 0 Å². The van der Waals surface area contributed by atoms with E-state index in [-0.39, 0.29) is 31.0 Å². The molecule has 1 fully saturated rings. The number of hydrogen-bond donors (Lipinski definition) is 2. The van der Waals surface area contributed by atoms with Crippen molar-refractivity contribution in [3.63, 3.8) is 0 Å². The van der Waals surface area contributed by atoms with Crippen molar-refractivity contribution < 1.29 is 19.8 Å². The smallest absolute Gasteiger partial charge is 0.320 e. The van der Waals surface area contributed by atoms with Gasteiger partial charge >= 0.3 is 12.0 Å². The summed E-state index contributed by atoms with van der Waals surface area (Å²) in [5, 5.41) is 17.8. The van der Waals surface area contributed by atoms with Crippen LogP contribution in [0.3, 0.4) is 0 Å². The number of aliphatic hydroxyl groups excluding tert-OH is 1. The number of nitrogens with zero attached hydrogens (tertiary/aromatic N) is 2. The zero-order valence-electron chi connectivity index (χ0n) is 11.0. The summed E-state index contributed by atoms with van der Waals surface area (Å²) >= 11 is 0. The van der Waals surface area contributed by atoms with E-state index in [0.717, 1.165) is 6.42 Å². The maximum Gasteiger partial charge on any atom is 0.320 e. The van der Waals surface area contributed by atoms with Crippen molar-refractivity contribution in [2.75, 3.05) is 26.2 Å². The van der Waals surface area contributed by atoms with Crippen LogP contribution in [-0.4, -0.2) is 64.3 Å². The molecule has 1 heterocycles. The van der Waals surface area contributed by atoms with Crippen LogP contribution < -0.4 is 0 Å². The van der Waals surface area contributed by atoms with Gasteiger partial charge in [-0.2, -0.15) is 0 Å². The summed E-state index contributed by atoms with van der Waals surface area (Å²) in [7, 11) is 0. The predicted molar refractivity (Wildman–Crippen MR) is 66.3 cm³/mol. The first kappa shape index (κ1) is 14.8. The minimum atomic E-state index is -0.900. The average molecular weight is 258 g/mol. The Balaban J connectivity index is 2.59. The second kappa shape index (κ2) is 6.58. The number of hydrogen-bond acceptors (Lipinski definition) is 3. The van der Waals surface area contributed by atoms with Gasteiger partial charge in [0.25, 0.3) is 0 Å². The van der Waals surface area contributed by atoms with Crippen molar-refractivity contribution in [2.45, 2.75) is 32.7 Å². The lowest BCUT2D eigenvalue weighted by Crippen LogP contribution is -2.47. The molecule has 1 aliphatic rings. The van der Waals surface area contributed by atoms with Gasteiger partial charge in [-0.3, -0.25) is 4.79 Å². The van der Waals surface area contributed by atoms with E-state index >= 15 is 0 Å². The average Bonchev–Trinajstić information content (AvgIpc) is 2.77. The van der Waals surface area contributed by atoms with Crippen LogP contribution in [0.15, 0.2) is 0 Å². The fraction of sp³-hybridized carbons (Fsp3) is 0.833. The van der Waals surface area contributed by atoms with E-state index in [9.17, 15) is 9.59 Å². The molecule has 18 heavy (non-hydrogen) atoms. The van der Waals surface area contributed by atoms with Gasteiger partial charge in [0.05, 0.1) is 6.42 Å². The van der Waals surface area contributed by atoms with Gasteiger partial charge in [0.2, 0.25) is 0 Å². The first-order chi connectivity index (χ1) is 8.49. The van der Waals surface area contributed by atoms with Gasteiger partial charge in [0.1, 0.15) is 0 Å². The highest BCUT2D eigenvalue weighted by Gasteiger charge is 2.30. The number of urea groups is 1. The molecule has 0 aliphatic carbocycles. The summed E-state index contributed by atoms with van der Waals surface area (Å²) in [6, 6.07) is -0.435. The lowest BCUT2D eigenvalue weighted by Gasteiger charge is -2.31. The van der Waals surface area contributed by atoms with Crippen LogP contribution in [0, 0.1) is 5.92 Å². The number of aliphatic carboxylic acids is 1. The van der Waals surface area contributed by atoms with Crippen LogP contribution in [0.2, 0.25) is 0 Å². The number of amides is 2. The van der Waals surface area contributed by atoms with E-state index < -0.39 is 5.97 Å². The third-order valence-corrected chi connectivity index (χ3v) is 3.40. The number of rotatable bonds is 5. The number of carbonyl (C=O) groups is 2.